The average Bonchev–Trinajstić information content (AvgIpc) is 2.68. The molecule has 1 unspecified atom stereocenters. The summed E-state index contributed by atoms with van der Waals surface area (Å²) >= 11 is 3.52. The topological polar surface area (TPSA) is 18.5 Å². The lowest BCUT2D eigenvalue weighted by atomic mass is 10.0. The van der Waals surface area contributed by atoms with Crippen molar-refractivity contribution < 1.29 is 9.47 Å². The first-order valence-corrected chi connectivity index (χ1v) is 5.52. The van der Waals surface area contributed by atoms with Crippen molar-refractivity contribution in [3.05, 3.63) is 34.3 Å². The van der Waals surface area contributed by atoms with Gasteiger partial charge in [0, 0.05) is 23.6 Å². The van der Waals surface area contributed by atoms with E-state index in [0.717, 1.165) is 29.5 Å². The minimum absolute atomic E-state index is 0.528. The normalized spacial score (nSPS) is 26.7. The Kier molecular flexibility index (Phi) is 2.91. The van der Waals surface area contributed by atoms with E-state index < -0.39 is 5.79 Å². The summed E-state index contributed by atoms with van der Waals surface area (Å²) < 4.78 is 12.3. The fourth-order valence-corrected chi connectivity index (χ4v) is 2.45. The van der Waals surface area contributed by atoms with Crippen LogP contribution in [0.4, 0.5) is 0 Å². The van der Waals surface area contributed by atoms with Crippen LogP contribution < -0.4 is 0 Å². The van der Waals surface area contributed by atoms with Gasteiger partial charge in [0.1, 0.15) is 0 Å². The zero-order valence-corrected chi connectivity index (χ0v) is 9.71. The van der Waals surface area contributed by atoms with Gasteiger partial charge in [0.2, 0.25) is 0 Å². The van der Waals surface area contributed by atoms with Crippen molar-refractivity contribution in [2.45, 2.75) is 18.6 Å². The van der Waals surface area contributed by atoms with Gasteiger partial charge in [-0.25, -0.2) is 0 Å². The van der Waals surface area contributed by atoms with Gasteiger partial charge in [-0.2, -0.15) is 0 Å². The van der Waals surface area contributed by atoms with Crippen LogP contribution in [0.5, 0.6) is 0 Å². The van der Waals surface area contributed by atoms with Crippen LogP contribution in [0.25, 0.3) is 0 Å². The fourth-order valence-electron chi connectivity index (χ4n) is 1.87. The molecule has 1 atom stereocenters. The van der Waals surface area contributed by atoms with Crippen molar-refractivity contribution in [2.24, 2.45) is 0 Å². The van der Waals surface area contributed by atoms with E-state index in [1.807, 2.05) is 24.3 Å². The highest BCUT2D eigenvalue weighted by molar-refractivity contribution is 9.10. The van der Waals surface area contributed by atoms with Crippen LogP contribution in [0.2, 0.25) is 0 Å². The highest BCUT2D eigenvalue weighted by Gasteiger charge is 2.38. The van der Waals surface area contributed by atoms with Crippen LogP contribution in [0.15, 0.2) is 28.7 Å². The monoisotopic (exact) mass is 256 g/mol. The zero-order valence-electron chi connectivity index (χ0n) is 8.13. The Morgan fingerprint density at radius 3 is 2.79 bits per heavy atom. The quantitative estimate of drug-likeness (QED) is 0.810. The molecule has 1 aliphatic heterocycles. The maximum absolute atomic E-state index is 5.70. The zero-order chi connectivity index (χ0) is 10.0. The van der Waals surface area contributed by atoms with E-state index >= 15 is 0 Å². The van der Waals surface area contributed by atoms with Gasteiger partial charge in [-0.1, -0.05) is 34.1 Å². The summed E-state index contributed by atoms with van der Waals surface area (Å²) in [6, 6.07) is 8.05. The molecule has 2 nitrogen and oxygen atoms in total. The largest absolute Gasteiger partial charge is 0.349 e. The van der Waals surface area contributed by atoms with Gasteiger partial charge in [0.05, 0.1) is 6.61 Å². The van der Waals surface area contributed by atoms with Crippen molar-refractivity contribution in [3.63, 3.8) is 0 Å². The van der Waals surface area contributed by atoms with Crippen LogP contribution in [-0.4, -0.2) is 13.7 Å². The van der Waals surface area contributed by atoms with Crippen molar-refractivity contribution in [1.82, 2.24) is 0 Å². The lowest BCUT2D eigenvalue weighted by Crippen LogP contribution is -2.27. The van der Waals surface area contributed by atoms with Gasteiger partial charge >= 0.3 is 0 Å². The number of benzene rings is 1. The third-order valence-corrected chi connectivity index (χ3v) is 3.29. The van der Waals surface area contributed by atoms with E-state index in [-0.39, 0.29) is 0 Å². The maximum Gasteiger partial charge on any atom is 0.195 e. The number of hydrogen-bond acceptors (Lipinski definition) is 2. The Labute approximate surface area is 92.3 Å². The van der Waals surface area contributed by atoms with Gasteiger partial charge in [-0.3, -0.25) is 0 Å². The van der Waals surface area contributed by atoms with E-state index in [1.165, 1.54) is 0 Å². The van der Waals surface area contributed by atoms with Crippen LogP contribution in [0.1, 0.15) is 18.4 Å². The molecular formula is C11H13BrO2. The average molecular weight is 257 g/mol. The highest BCUT2D eigenvalue weighted by atomic mass is 79.9. The second-order valence-electron chi connectivity index (χ2n) is 3.39. The molecule has 0 N–H and O–H groups in total. The molecule has 1 aromatic carbocycles. The van der Waals surface area contributed by atoms with Crippen LogP contribution >= 0.6 is 15.9 Å². The Morgan fingerprint density at radius 2 is 2.21 bits per heavy atom. The van der Waals surface area contributed by atoms with Crippen LogP contribution in [0.3, 0.4) is 0 Å². The molecule has 0 spiro atoms. The molecule has 1 aromatic rings. The Bertz CT molecular complexity index is 319. The highest BCUT2D eigenvalue weighted by Crippen LogP contribution is 2.39. The van der Waals surface area contributed by atoms with E-state index in [1.54, 1.807) is 7.11 Å². The smallest absolute Gasteiger partial charge is 0.195 e. The predicted molar refractivity (Wildman–Crippen MR) is 58.0 cm³/mol. The van der Waals surface area contributed by atoms with Crippen LogP contribution in [-0.2, 0) is 15.3 Å². The molecule has 0 aliphatic carbocycles. The number of methoxy groups -OCH3 is 1. The fraction of sp³-hybridized carbons (Fsp3) is 0.455. The number of ether oxygens (including phenoxy) is 2. The molecule has 2 rings (SSSR count). The first kappa shape index (κ1) is 10.1. The molecular weight excluding hydrogens is 244 g/mol. The Morgan fingerprint density at radius 1 is 1.43 bits per heavy atom. The summed E-state index contributed by atoms with van der Waals surface area (Å²) in [4.78, 5) is 0. The van der Waals surface area contributed by atoms with Gasteiger partial charge < -0.3 is 9.47 Å². The van der Waals surface area contributed by atoms with Crippen molar-refractivity contribution in [2.75, 3.05) is 13.7 Å². The summed E-state index contributed by atoms with van der Waals surface area (Å²) in [5, 5.41) is 0. The predicted octanol–water partition coefficient (Wildman–Crippen LogP) is 3.06. The van der Waals surface area contributed by atoms with Crippen molar-refractivity contribution in [1.29, 1.82) is 0 Å². The summed E-state index contributed by atoms with van der Waals surface area (Å²) in [6.45, 7) is 0.773. The number of hydrogen-bond donors (Lipinski definition) is 0. The lowest BCUT2D eigenvalue weighted by molar-refractivity contribution is -0.202. The molecule has 0 aromatic heterocycles. The van der Waals surface area contributed by atoms with Gasteiger partial charge in [-0.05, 0) is 12.5 Å². The standard InChI is InChI=1S/C11H13BrO2/c1-13-11(7-4-8-14-11)9-5-2-3-6-10(9)12/h2-3,5-6H,4,7-8H2,1H3. The molecule has 14 heavy (non-hydrogen) atoms. The first-order chi connectivity index (χ1) is 6.78. The summed E-state index contributed by atoms with van der Waals surface area (Å²) in [6.07, 6.45) is 1.97. The van der Waals surface area contributed by atoms with E-state index in [0.29, 0.717) is 0 Å². The lowest BCUT2D eigenvalue weighted by Gasteiger charge is -2.27. The SMILES string of the molecule is COC1(c2ccccc2Br)CCCO1. The number of rotatable bonds is 2. The van der Waals surface area contributed by atoms with Crippen molar-refractivity contribution >= 4 is 15.9 Å². The molecule has 1 heterocycles. The van der Waals surface area contributed by atoms with E-state index in [2.05, 4.69) is 15.9 Å². The molecule has 1 aliphatic rings. The molecule has 76 valence electrons. The third kappa shape index (κ3) is 1.60. The summed E-state index contributed by atoms with van der Waals surface area (Å²) in [5.74, 6) is -0.528. The Balaban J connectivity index is 2.41. The molecule has 0 saturated carbocycles. The second kappa shape index (κ2) is 4.01. The molecule has 3 heteroatoms. The van der Waals surface area contributed by atoms with E-state index in [4.69, 9.17) is 9.47 Å². The number of halogens is 1. The minimum Gasteiger partial charge on any atom is -0.349 e. The van der Waals surface area contributed by atoms with Crippen molar-refractivity contribution in [3.8, 4) is 0 Å². The molecule has 0 amide bonds. The summed E-state index contributed by atoms with van der Waals surface area (Å²) in [5.41, 5.74) is 1.08. The maximum atomic E-state index is 5.70. The van der Waals surface area contributed by atoms with Gasteiger partial charge in [-0.15, -0.1) is 0 Å². The molecule has 1 saturated heterocycles. The second-order valence-corrected chi connectivity index (χ2v) is 4.24. The molecule has 0 radical (unpaired) electrons. The molecule has 0 bridgehead atoms. The first-order valence-electron chi connectivity index (χ1n) is 4.73. The van der Waals surface area contributed by atoms with Gasteiger partial charge in [0.15, 0.2) is 5.79 Å². The summed E-state index contributed by atoms with van der Waals surface area (Å²) in [7, 11) is 1.70. The minimum atomic E-state index is -0.528. The van der Waals surface area contributed by atoms with Gasteiger partial charge in [0.25, 0.3) is 0 Å². The third-order valence-electron chi connectivity index (χ3n) is 2.60. The van der Waals surface area contributed by atoms with Crippen LogP contribution in [0, 0.1) is 0 Å². The Hall–Kier alpha value is -0.380. The molecule has 1 fully saturated rings. The van der Waals surface area contributed by atoms with E-state index in [9.17, 15) is 0 Å².